The predicted octanol–water partition coefficient (Wildman–Crippen LogP) is 3.94. The van der Waals surface area contributed by atoms with E-state index >= 15 is 0 Å². The van der Waals surface area contributed by atoms with Gasteiger partial charge in [0.05, 0.1) is 0 Å². The van der Waals surface area contributed by atoms with Crippen LogP contribution in [0.1, 0.15) is 49.8 Å². The van der Waals surface area contributed by atoms with Crippen LogP contribution in [0, 0.1) is 6.92 Å². The fourth-order valence-electron chi connectivity index (χ4n) is 3.01. The molecule has 3 rings (SSSR count). The van der Waals surface area contributed by atoms with Crippen molar-refractivity contribution in [1.82, 2.24) is 15.0 Å². The molecule has 0 bridgehead atoms. The van der Waals surface area contributed by atoms with Crippen LogP contribution in [-0.2, 0) is 0 Å². The first kappa shape index (κ1) is 14.0. The molecule has 1 saturated carbocycles. The molecule has 1 fully saturated rings. The lowest BCUT2D eigenvalue weighted by Gasteiger charge is -2.14. The first-order valence-corrected chi connectivity index (χ1v) is 7.81. The summed E-state index contributed by atoms with van der Waals surface area (Å²) in [6.07, 6.45) is 8.80. The van der Waals surface area contributed by atoms with Crippen molar-refractivity contribution in [3.63, 3.8) is 0 Å². The van der Waals surface area contributed by atoms with Gasteiger partial charge in [0, 0.05) is 42.2 Å². The van der Waals surface area contributed by atoms with Crippen LogP contribution < -0.4 is 5.32 Å². The minimum atomic E-state index is 0.589. The highest BCUT2D eigenvalue weighted by molar-refractivity contribution is 5.61. The van der Waals surface area contributed by atoms with Crippen LogP contribution in [0.25, 0.3) is 11.4 Å². The Kier molecular flexibility index (Phi) is 4.13. The summed E-state index contributed by atoms with van der Waals surface area (Å²) in [6.45, 7) is 5.02. The summed E-state index contributed by atoms with van der Waals surface area (Å²) in [5.74, 6) is 2.34. The first-order chi connectivity index (χ1) is 10.3. The molecule has 0 aliphatic heterocycles. The van der Waals surface area contributed by atoms with Crippen LogP contribution in [0.2, 0.25) is 0 Å². The summed E-state index contributed by atoms with van der Waals surface area (Å²) in [5.41, 5.74) is 3.37. The molecule has 2 aromatic heterocycles. The number of nitrogens with zero attached hydrogens (tertiary/aromatic N) is 3. The third kappa shape index (κ3) is 3.04. The maximum absolute atomic E-state index is 4.85. The minimum absolute atomic E-state index is 0.589. The van der Waals surface area contributed by atoms with Gasteiger partial charge in [0.25, 0.3) is 0 Å². The second-order valence-electron chi connectivity index (χ2n) is 5.70. The fraction of sp³-hybridized carbons (Fsp3) is 0.471. The van der Waals surface area contributed by atoms with Gasteiger partial charge in [-0.15, -0.1) is 0 Å². The van der Waals surface area contributed by atoms with Gasteiger partial charge in [-0.25, -0.2) is 9.97 Å². The highest BCUT2D eigenvalue weighted by Crippen LogP contribution is 2.34. The Hall–Kier alpha value is -1.97. The number of nitrogens with one attached hydrogen (secondary N) is 1. The Labute approximate surface area is 126 Å². The van der Waals surface area contributed by atoms with Crippen LogP contribution >= 0.6 is 0 Å². The maximum atomic E-state index is 4.85. The summed E-state index contributed by atoms with van der Waals surface area (Å²) < 4.78 is 0. The van der Waals surface area contributed by atoms with Gasteiger partial charge < -0.3 is 5.32 Å². The number of aryl methyl sites for hydroxylation is 1. The molecule has 21 heavy (non-hydrogen) atoms. The molecule has 4 heteroatoms. The summed E-state index contributed by atoms with van der Waals surface area (Å²) in [7, 11) is 0. The highest BCUT2D eigenvalue weighted by Gasteiger charge is 2.20. The van der Waals surface area contributed by atoms with Crippen LogP contribution in [0.5, 0.6) is 0 Å². The smallest absolute Gasteiger partial charge is 0.162 e. The van der Waals surface area contributed by atoms with Crippen LogP contribution in [0.3, 0.4) is 0 Å². The lowest BCUT2D eigenvalue weighted by Crippen LogP contribution is -2.06. The summed E-state index contributed by atoms with van der Waals surface area (Å²) in [6, 6.07) is 4.12. The quantitative estimate of drug-likeness (QED) is 0.923. The zero-order chi connectivity index (χ0) is 14.7. The molecule has 1 aliphatic rings. The van der Waals surface area contributed by atoms with Crippen molar-refractivity contribution in [2.75, 3.05) is 11.9 Å². The molecule has 2 aromatic rings. The Morgan fingerprint density at radius 3 is 2.76 bits per heavy atom. The lowest BCUT2D eigenvalue weighted by atomic mass is 10.0. The van der Waals surface area contributed by atoms with E-state index in [-0.39, 0.29) is 0 Å². The van der Waals surface area contributed by atoms with Crippen molar-refractivity contribution in [2.45, 2.75) is 45.4 Å². The van der Waals surface area contributed by atoms with Gasteiger partial charge in [0.1, 0.15) is 5.82 Å². The first-order valence-electron chi connectivity index (χ1n) is 7.81. The second-order valence-corrected chi connectivity index (χ2v) is 5.70. The Bertz CT molecular complexity index is 618. The molecule has 4 nitrogen and oxygen atoms in total. The van der Waals surface area contributed by atoms with Gasteiger partial charge in [0.15, 0.2) is 5.82 Å². The Morgan fingerprint density at radius 1 is 1.24 bits per heavy atom. The SMILES string of the molecule is CCNc1cc(C2CCCC2)nc(-c2ccncc2C)n1. The van der Waals surface area contributed by atoms with Crippen LogP contribution in [0.15, 0.2) is 24.5 Å². The maximum Gasteiger partial charge on any atom is 0.162 e. The molecule has 0 radical (unpaired) electrons. The van der Waals surface area contributed by atoms with Gasteiger partial charge in [-0.1, -0.05) is 12.8 Å². The van der Waals surface area contributed by atoms with E-state index in [2.05, 4.69) is 35.2 Å². The molecule has 1 aliphatic carbocycles. The summed E-state index contributed by atoms with van der Waals surface area (Å²) >= 11 is 0. The van der Waals surface area contributed by atoms with E-state index in [4.69, 9.17) is 4.98 Å². The topological polar surface area (TPSA) is 50.7 Å². The Morgan fingerprint density at radius 2 is 2.05 bits per heavy atom. The second kappa shape index (κ2) is 6.20. The molecule has 0 spiro atoms. The zero-order valence-electron chi connectivity index (χ0n) is 12.8. The third-order valence-corrected chi connectivity index (χ3v) is 4.14. The molecule has 1 N–H and O–H groups in total. The van der Waals surface area contributed by atoms with Crippen molar-refractivity contribution in [3.8, 4) is 11.4 Å². The molecule has 0 aromatic carbocycles. The summed E-state index contributed by atoms with van der Waals surface area (Å²) in [5, 5.41) is 3.33. The molecular weight excluding hydrogens is 260 g/mol. The van der Waals surface area contributed by atoms with E-state index in [0.29, 0.717) is 5.92 Å². The standard InChI is InChI=1S/C17H22N4/c1-3-19-16-10-15(13-6-4-5-7-13)20-17(21-16)14-8-9-18-11-12(14)2/h8-11,13H,3-7H2,1-2H3,(H,19,20,21). The van der Waals surface area contributed by atoms with Crippen molar-refractivity contribution in [3.05, 3.63) is 35.8 Å². The lowest BCUT2D eigenvalue weighted by molar-refractivity contribution is 0.695. The van der Waals surface area contributed by atoms with Gasteiger partial charge in [-0.3, -0.25) is 4.98 Å². The third-order valence-electron chi connectivity index (χ3n) is 4.14. The molecule has 0 atom stereocenters. The molecular formula is C17H22N4. The van der Waals surface area contributed by atoms with Crippen molar-refractivity contribution < 1.29 is 0 Å². The van der Waals surface area contributed by atoms with Crippen molar-refractivity contribution >= 4 is 5.82 Å². The van der Waals surface area contributed by atoms with Crippen molar-refractivity contribution in [1.29, 1.82) is 0 Å². The van der Waals surface area contributed by atoms with Gasteiger partial charge >= 0.3 is 0 Å². The van der Waals surface area contributed by atoms with E-state index in [0.717, 1.165) is 29.3 Å². The van der Waals surface area contributed by atoms with Gasteiger partial charge in [0.2, 0.25) is 0 Å². The predicted molar refractivity (Wildman–Crippen MR) is 85.4 cm³/mol. The van der Waals surface area contributed by atoms with Crippen molar-refractivity contribution in [2.24, 2.45) is 0 Å². The fourth-order valence-corrected chi connectivity index (χ4v) is 3.01. The summed E-state index contributed by atoms with van der Waals surface area (Å²) in [4.78, 5) is 13.7. The van der Waals surface area contributed by atoms with Gasteiger partial charge in [-0.05, 0) is 38.3 Å². The average Bonchev–Trinajstić information content (AvgIpc) is 3.02. The molecule has 2 heterocycles. The molecule has 0 amide bonds. The Balaban J connectivity index is 2.04. The highest BCUT2D eigenvalue weighted by atomic mass is 15.0. The van der Waals surface area contributed by atoms with E-state index in [1.165, 1.54) is 31.4 Å². The number of rotatable bonds is 4. The number of hydrogen-bond donors (Lipinski definition) is 1. The number of anilines is 1. The normalized spacial score (nSPS) is 15.3. The van der Waals surface area contributed by atoms with Crippen LogP contribution in [-0.4, -0.2) is 21.5 Å². The largest absolute Gasteiger partial charge is 0.370 e. The van der Waals surface area contributed by atoms with E-state index < -0.39 is 0 Å². The van der Waals surface area contributed by atoms with E-state index in [1.807, 2.05) is 12.3 Å². The van der Waals surface area contributed by atoms with Gasteiger partial charge in [-0.2, -0.15) is 0 Å². The van der Waals surface area contributed by atoms with E-state index in [1.54, 1.807) is 6.20 Å². The molecule has 0 unspecified atom stereocenters. The monoisotopic (exact) mass is 282 g/mol. The number of hydrogen-bond acceptors (Lipinski definition) is 4. The van der Waals surface area contributed by atoms with Crippen LogP contribution in [0.4, 0.5) is 5.82 Å². The number of pyridine rings is 1. The van der Waals surface area contributed by atoms with E-state index in [9.17, 15) is 0 Å². The molecule has 110 valence electrons. The average molecular weight is 282 g/mol. The molecule has 0 saturated heterocycles. The minimum Gasteiger partial charge on any atom is -0.370 e. The number of aromatic nitrogens is 3. The zero-order valence-corrected chi connectivity index (χ0v) is 12.8.